The van der Waals surface area contributed by atoms with E-state index >= 15 is 0 Å². The molecule has 1 aromatic rings. The van der Waals surface area contributed by atoms with Gasteiger partial charge in [-0.15, -0.1) is 0 Å². The minimum atomic E-state index is -1.31. The lowest BCUT2D eigenvalue weighted by atomic mass is 10.3. The zero-order valence-corrected chi connectivity index (χ0v) is 10.1. The number of carboxylic acid groups (broad SMARTS) is 1. The molecule has 0 bridgehead atoms. The van der Waals surface area contributed by atoms with Crippen molar-refractivity contribution in [1.82, 2.24) is 0 Å². The SMILES string of the molecule is C[C@@H](Oc1cc(F)c(Br)cc1[N+](=O)[O-])C(=O)O. The molecule has 0 aromatic heterocycles. The van der Waals surface area contributed by atoms with Crippen molar-refractivity contribution in [2.24, 2.45) is 0 Å². The summed E-state index contributed by atoms with van der Waals surface area (Å²) in [5, 5.41) is 19.3. The smallest absolute Gasteiger partial charge is 0.344 e. The van der Waals surface area contributed by atoms with E-state index in [0.29, 0.717) is 0 Å². The number of ether oxygens (including phenoxy) is 1. The largest absolute Gasteiger partial charge is 0.479 e. The summed E-state index contributed by atoms with van der Waals surface area (Å²) in [6, 6.07) is 1.68. The summed E-state index contributed by atoms with van der Waals surface area (Å²) in [6.07, 6.45) is -1.31. The lowest BCUT2D eigenvalue weighted by Gasteiger charge is -2.10. The summed E-state index contributed by atoms with van der Waals surface area (Å²) >= 11 is 2.79. The van der Waals surface area contributed by atoms with Gasteiger partial charge in [0.15, 0.2) is 6.10 Å². The van der Waals surface area contributed by atoms with Gasteiger partial charge in [-0.25, -0.2) is 9.18 Å². The molecule has 92 valence electrons. The van der Waals surface area contributed by atoms with Crippen LogP contribution in [0.15, 0.2) is 16.6 Å². The Morgan fingerprint density at radius 3 is 2.71 bits per heavy atom. The van der Waals surface area contributed by atoms with Crippen molar-refractivity contribution in [1.29, 1.82) is 0 Å². The minimum absolute atomic E-state index is 0.0977. The summed E-state index contributed by atoms with van der Waals surface area (Å²) in [5.74, 6) is -2.50. The van der Waals surface area contributed by atoms with Gasteiger partial charge in [-0.05, 0) is 22.9 Å². The summed E-state index contributed by atoms with van der Waals surface area (Å²) in [7, 11) is 0. The van der Waals surface area contributed by atoms with Gasteiger partial charge in [0.25, 0.3) is 0 Å². The van der Waals surface area contributed by atoms with Gasteiger partial charge in [0, 0.05) is 12.1 Å². The van der Waals surface area contributed by atoms with Crippen LogP contribution in [0, 0.1) is 15.9 Å². The van der Waals surface area contributed by atoms with E-state index in [1.807, 2.05) is 0 Å². The van der Waals surface area contributed by atoms with E-state index in [2.05, 4.69) is 15.9 Å². The lowest BCUT2D eigenvalue weighted by Crippen LogP contribution is -2.23. The number of hydrogen-bond acceptors (Lipinski definition) is 4. The van der Waals surface area contributed by atoms with Gasteiger partial charge < -0.3 is 9.84 Å². The predicted octanol–water partition coefficient (Wildman–Crippen LogP) is 2.35. The maximum Gasteiger partial charge on any atom is 0.344 e. The van der Waals surface area contributed by atoms with E-state index in [0.717, 1.165) is 12.1 Å². The number of rotatable bonds is 4. The van der Waals surface area contributed by atoms with Crippen LogP contribution in [0.5, 0.6) is 5.75 Å². The molecule has 0 amide bonds. The van der Waals surface area contributed by atoms with E-state index in [4.69, 9.17) is 9.84 Å². The standard InChI is InChI=1S/C9H7BrFNO5/c1-4(9(13)14)17-8-3-6(11)5(10)2-7(8)12(15)16/h2-4H,1H3,(H,13,14)/t4-/m1/s1. The molecule has 1 N–H and O–H groups in total. The highest BCUT2D eigenvalue weighted by Crippen LogP contribution is 2.33. The van der Waals surface area contributed by atoms with Gasteiger partial charge in [0.2, 0.25) is 5.75 Å². The highest BCUT2D eigenvalue weighted by Gasteiger charge is 2.23. The minimum Gasteiger partial charge on any atom is -0.479 e. The van der Waals surface area contributed by atoms with Crippen LogP contribution in [-0.4, -0.2) is 22.1 Å². The molecule has 0 aliphatic rings. The zero-order chi connectivity index (χ0) is 13.2. The summed E-state index contributed by atoms with van der Waals surface area (Å²) in [6.45, 7) is 1.19. The first-order chi connectivity index (χ1) is 7.82. The molecule has 0 unspecified atom stereocenters. The second-order valence-corrected chi connectivity index (χ2v) is 3.94. The van der Waals surface area contributed by atoms with Crippen molar-refractivity contribution in [3.63, 3.8) is 0 Å². The van der Waals surface area contributed by atoms with Crippen molar-refractivity contribution < 1.29 is 24.0 Å². The summed E-state index contributed by atoms with van der Waals surface area (Å²) < 4.78 is 17.9. The van der Waals surface area contributed by atoms with Crippen molar-refractivity contribution in [3.8, 4) is 5.75 Å². The number of carboxylic acids is 1. The molecule has 0 aliphatic heterocycles. The van der Waals surface area contributed by atoms with Gasteiger partial charge >= 0.3 is 11.7 Å². The number of aliphatic carboxylic acids is 1. The fourth-order valence-corrected chi connectivity index (χ4v) is 1.33. The molecule has 0 saturated carbocycles. The molecule has 1 rings (SSSR count). The van der Waals surface area contributed by atoms with Crippen LogP contribution in [-0.2, 0) is 4.79 Å². The third-order valence-electron chi connectivity index (χ3n) is 1.85. The fraction of sp³-hybridized carbons (Fsp3) is 0.222. The number of benzene rings is 1. The van der Waals surface area contributed by atoms with E-state index in [9.17, 15) is 19.3 Å². The summed E-state index contributed by atoms with van der Waals surface area (Å²) in [5.41, 5.74) is -0.508. The Hall–Kier alpha value is -1.70. The number of nitro benzene ring substituents is 1. The molecule has 0 saturated heterocycles. The number of carbonyl (C=O) groups is 1. The quantitative estimate of drug-likeness (QED) is 0.681. The normalized spacial score (nSPS) is 11.9. The predicted molar refractivity (Wildman–Crippen MR) is 58.5 cm³/mol. The number of halogens is 2. The van der Waals surface area contributed by atoms with Gasteiger partial charge in [-0.1, -0.05) is 0 Å². The van der Waals surface area contributed by atoms with Gasteiger partial charge in [0.05, 0.1) is 9.40 Å². The monoisotopic (exact) mass is 307 g/mol. The van der Waals surface area contributed by atoms with E-state index in [-0.39, 0.29) is 4.47 Å². The van der Waals surface area contributed by atoms with Crippen molar-refractivity contribution in [3.05, 3.63) is 32.5 Å². The van der Waals surface area contributed by atoms with Crippen LogP contribution < -0.4 is 4.74 Å². The van der Waals surface area contributed by atoms with Crippen LogP contribution in [0.4, 0.5) is 10.1 Å². The Morgan fingerprint density at radius 1 is 1.65 bits per heavy atom. The van der Waals surface area contributed by atoms with Crippen LogP contribution >= 0.6 is 15.9 Å². The maximum absolute atomic E-state index is 13.2. The first-order valence-corrected chi connectivity index (χ1v) is 5.15. The fourth-order valence-electron chi connectivity index (χ4n) is 0.996. The van der Waals surface area contributed by atoms with Crippen molar-refractivity contribution in [2.45, 2.75) is 13.0 Å². The van der Waals surface area contributed by atoms with Crippen molar-refractivity contribution in [2.75, 3.05) is 0 Å². The molecule has 8 heteroatoms. The number of nitro groups is 1. The van der Waals surface area contributed by atoms with Crippen LogP contribution in [0.3, 0.4) is 0 Å². The molecular weight excluding hydrogens is 301 g/mol. The third-order valence-corrected chi connectivity index (χ3v) is 2.46. The zero-order valence-electron chi connectivity index (χ0n) is 8.52. The first-order valence-electron chi connectivity index (χ1n) is 4.36. The first kappa shape index (κ1) is 13.4. The summed E-state index contributed by atoms with van der Waals surface area (Å²) in [4.78, 5) is 20.4. The Morgan fingerprint density at radius 2 is 2.24 bits per heavy atom. The van der Waals surface area contributed by atoms with Crippen LogP contribution in [0.2, 0.25) is 0 Å². The van der Waals surface area contributed by atoms with Crippen LogP contribution in [0.1, 0.15) is 6.92 Å². The topological polar surface area (TPSA) is 89.7 Å². The number of hydrogen-bond donors (Lipinski definition) is 1. The Bertz CT molecular complexity index is 479. The lowest BCUT2D eigenvalue weighted by molar-refractivity contribution is -0.386. The highest BCUT2D eigenvalue weighted by molar-refractivity contribution is 9.10. The highest BCUT2D eigenvalue weighted by atomic mass is 79.9. The molecule has 0 fully saturated rings. The molecule has 1 atom stereocenters. The van der Waals surface area contributed by atoms with Crippen LogP contribution in [0.25, 0.3) is 0 Å². The van der Waals surface area contributed by atoms with E-state index in [1.54, 1.807) is 0 Å². The Labute approximate surface area is 103 Å². The maximum atomic E-state index is 13.2. The average Bonchev–Trinajstić information content (AvgIpc) is 2.22. The molecule has 17 heavy (non-hydrogen) atoms. The van der Waals surface area contributed by atoms with Crippen molar-refractivity contribution >= 4 is 27.6 Å². The van der Waals surface area contributed by atoms with Gasteiger partial charge in [-0.2, -0.15) is 0 Å². The molecular formula is C9H7BrFNO5. The van der Waals surface area contributed by atoms with Gasteiger partial charge in [0.1, 0.15) is 5.82 Å². The Balaban J connectivity index is 3.17. The van der Waals surface area contributed by atoms with Gasteiger partial charge in [-0.3, -0.25) is 10.1 Å². The Kier molecular flexibility index (Phi) is 4.00. The molecule has 1 aromatic carbocycles. The molecule has 0 aliphatic carbocycles. The second kappa shape index (κ2) is 5.09. The van der Waals surface area contributed by atoms with E-state index < -0.39 is 34.3 Å². The number of nitrogens with zero attached hydrogens (tertiary/aromatic N) is 1. The molecule has 0 spiro atoms. The molecule has 6 nitrogen and oxygen atoms in total. The molecule has 0 radical (unpaired) electrons. The molecule has 0 heterocycles. The van der Waals surface area contributed by atoms with E-state index in [1.165, 1.54) is 6.92 Å². The second-order valence-electron chi connectivity index (χ2n) is 3.09. The third kappa shape index (κ3) is 3.13. The average molecular weight is 308 g/mol.